The van der Waals surface area contributed by atoms with Gasteiger partial charge in [-0.2, -0.15) is 4.37 Å². The van der Waals surface area contributed by atoms with Gasteiger partial charge in [0.15, 0.2) is 6.10 Å². The third kappa shape index (κ3) is 2.28. The van der Waals surface area contributed by atoms with Crippen molar-refractivity contribution in [1.82, 2.24) is 9.36 Å². The monoisotopic (exact) mass is 253 g/mol. The zero-order valence-electron chi connectivity index (χ0n) is 9.01. The van der Waals surface area contributed by atoms with Crippen LogP contribution in [-0.2, 0) is 14.3 Å². The summed E-state index contributed by atoms with van der Waals surface area (Å²) in [5.41, 5.74) is 0. The van der Waals surface area contributed by atoms with Gasteiger partial charge in [-0.3, -0.25) is 14.9 Å². The highest BCUT2D eigenvalue weighted by molar-refractivity contribution is 7.09. The van der Waals surface area contributed by atoms with Gasteiger partial charge in [0.05, 0.1) is 0 Å². The van der Waals surface area contributed by atoms with E-state index in [0.29, 0.717) is 23.9 Å². The van der Waals surface area contributed by atoms with Crippen molar-refractivity contribution in [3.05, 3.63) is 5.82 Å². The minimum Gasteiger partial charge on any atom is -0.452 e. The van der Waals surface area contributed by atoms with E-state index in [0.717, 1.165) is 18.7 Å². The van der Waals surface area contributed by atoms with Crippen molar-refractivity contribution in [1.29, 1.82) is 0 Å². The molecule has 1 amide bonds. The molecule has 1 aliphatic carbocycles. The third-order valence-electron chi connectivity index (χ3n) is 2.79. The molecule has 1 saturated carbocycles. The molecule has 3 rings (SSSR count). The summed E-state index contributed by atoms with van der Waals surface area (Å²) in [6.45, 7) is 0. The second kappa shape index (κ2) is 4.06. The Morgan fingerprint density at radius 1 is 1.41 bits per heavy atom. The second-order valence-corrected chi connectivity index (χ2v) is 4.99. The number of nitrogens with one attached hydrogen (secondary N) is 1. The van der Waals surface area contributed by atoms with E-state index in [1.54, 1.807) is 0 Å². The van der Waals surface area contributed by atoms with Crippen molar-refractivity contribution in [2.45, 2.75) is 37.7 Å². The molecule has 2 fully saturated rings. The van der Waals surface area contributed by atoms with Crippen LogP contribution in [0.1, 0.15) is 37.4 Å². The molecule has 1 N–H and O–H groups in total. The molecule has 1 saturated heterocycles. The number of amides is 1. The van der Waals surface area contributed by atoms with E-state index < -0.39 is 6.10 Å². The Hall–Kier alpha value is -1.50. The van der Waals surface area contributed by atoms with E-state index in [2.05, 4.69) is 14.7 Å². The van der Waals surface area contributed by atoms with Crippen LogP contribution in [-0.4, -0.2) is 27.3 Å². The van der Waals surface area contributed by atoms with Crippen LogP contribution < -0.4 is 5.32 Å². The Labute approximate surface area is 102 Å². The van der Waals surface area contributed by atoms with Crippen LogP contribution in [0.15, 0.2) is 0 Å². The van der Waals surface area contributed by atoms with Crippen LogP contribution in [0.3, 0.4) is 0 Å². The van der Waals surface area contributed by atoms with Gasteiger partial charge in [0.25, 0.3) is 5.91 Å². The third-order valence-corrected chi connectivity index (χ3v) is 3.44. The number of aromatic nitrogens is 2. The van der Waals surface area contributed by atoms with Crippen LogP contribution >= 0.6 is 11.5 Å². The summed E-state index contributed by atoms with van der Waals surface area (Å²) < 4.78 is 9.05. The lowest BCUT2D eigenvalue weighted by Crippen LogP contribution is -2.27. The first-order valence-electron chi connectivity index (χ1n) is 5.56. The fraction of sp³-hybridized carbons (Fsp3) is 0.600. The highest BCUT2D eigenvalue weighted by Gasteiger charge is 2.31. The van der Waals surface area contributed by atoms with Crippen molar-refractivity contribution < 1.29 is 14.3 Å². The quantitative estimate of drug-likeness (QED) is 0.814. The highest BCUT2D eigenvalue weighted by Crippen LogP contribution is 2.39. The minimum atomic E-state index is -0.671. The van der Waals surface area contributed by atoms with Crippen molar-refractivity contribution in [3.63, 3.8) is 0 Å². The van der Waals surface area contributed by atoms with Gasteiger partial charge in [-0.05, 0) is 12.8 Å². The standard InChI is InChI=1S/C10H11N3O3S/c14-7-4-3-6(16-7)9(15)12-10-11-8(13-17-10)5-1-2-5/h5-6H,1-4H2,(H,11,12,13,15)/t6-/m0/s1. The number of hydrogen-bond donors (Lipinski definition) is 1. The van der Waals surface area contributed by atoms with Gasteiger partial charge in [-0.25, -0.2) is 4.98 Å². The van der Waals surface area contributed by atoms with Gasteiger partial charge in [-0.1, -0.05) is 0 Å². The molecule has 2 heterocycles. The van der Waals surface area contributed by atoms with E-state index >= 15 is 0 Å². The summed E-state index contributed by atoms with van der Waals surface area (Å²) in [6.07, 6.45) is 2.34. The van der Waals surface area contributed by atoms with Crippen LogP contribution in [0.5, 0.6) is 0 Å². The average Bonchev–Trinajstić information content (AvgIpc) is 2.90. The summed E-state index contributed by atoms with van der Waals surface area (Å²) in [6, 6.07) is 0. The maximum atomic E-state index is 11.7. The number of carbonyl (C=O) groups excluding carboxylic acids is 2. The van der Waals surface area contributed by atoms with Gasteiger partial charge in [-0.15, -0.1) is 0 Å². The maximum Gasteiger partial charge on any atom is 0.306 e. The predicted octanol–water partition coefficient (Wildman–Crippen LogP) is 1.06. The SMILES string of the molecule is O=C1CC[C@@H](C(=O)Nc2nc(C3CC3)ns2)O1. The molecule has 90 valence electrons. The van der Waals surface area contributed by atoms with Gasteiger partial charge in [0.2, 0.25) is 5.13 Å². The van der Waals surface area contributed by atoms with E-state index in [-0.39, 0.29) is 11.9 Å². The first kappa shape index (κ1) is 10.6. The van der Waals surface area contributed by atoms with E-state index in [1.165, 1.54) is 11.5 Å². The van der Waals surface area contributed by atoms with Crippen LogP contribution in [0, 0.1) is 0 Å². The van der Waals surface area contributed by atoms with Crippen LogP contribution in [0.25, 0.3) is 0 Å². The lowest BCUT2D eigenvalue weighted by Gasteiger charge is -2.06. The lowest BCUT2D eigenvalue weighted by molar-refractivity contribution is -0.146. The highest BCUT2D eigenvalue weighted by atomic mass is 32.1. The number of hydrogen-bond acceptors (Lipinski definition) is 6. The second-order valence-electron chi connectivity index (χ2n) is 4.24. The Bertz CT molecular complexity index is 469. The summed E-state index contributed by atoms with van der Waals surface area (Å²) in [5, 5.41) is 3.12. The molecule has 17 heavy (non-hydrogen) atoms. The number of ether oxygens (including phenoxy) is 1. The van der Waals surface area contributed by atoms with E-state index in [4.69, 9.17) is 4.74 Å². The Morgan fingerprint density at radius 2 is 2.24 bits per heavy atom. The molecule has 0 unspecified atom stereocenters. The molecule has 1 aromatic rings. The Balaban J connectivity index is 1.61. The molecule has 1 aromatic heterocycles. The van der Waals surface area contributed by atoms with Crippen molar-refractivity contribution in [3.8, 4) is 0 Å². The number of rotatable bonds is 3. The summed E-state index contributed by atoms with van der Waals surface area (Å²) in [7, 11) is 0. The number of anilines is 1. The zero-order valence-corrected chi connectivity index (χ0v) is 9.83. The molecule has 0 radical (unpaired) electrons. The molecule has 1 aliphatic heterocycles. The average molecular weight is 253 g/mol. The summed E-state index contributed by atoms with van der Waals surface area (Å²) in [5.74, 6) is 0.658. The Morgan fingerprint density at radius 3 is 2.88 bits per heavy atom. The number of carbonyl (C=O) groups is 2. The molecule has 0 spiro atoms. The topological polar surface area (TPSA) is 81.2 Å². The Kier molecular flexibility index (Phi) is 2.54. The molecular formula is C10H11N3O3S. The molecule has 1 atom stereocenters. The molecule has 2 aliphatic rings. The van der Waals surface area contributed by atoms with Crippen molar-refractivity contribution in [2.75, 3.05) is 5.32 Å². The zero-order chi connectivity index (χ0) is 11.8. The first-order chi connectivity index (χ1) is 8.22. The fourth-order valence-electron chi connectivity index (χ4n) is 1.69. The molecular weight excluding hydrogens is 242 g/mol. The van der Waals surface area contributed by atoms with Crippen molar-refractivity contribution >= 4 is 28.5 Å². The van der Waals surface area contributed by atoms with Gasteiger partial charge >= 0.3 is 5.97 Å². The molecule has 7 heteroatoms. The van der Waals surface area contributed by atoms with E-state index in [1.807, 2.05) is 0 Å². The van der Waals surface area contributed by atoms with Crippen LogP contribution in [0.2, 0.25) is 0 Å². The lowest BCUT2D eigenvalue weighted by atomic mass is 10.2. The predicted molar refractivity (Wildman–Crippen MR) is 59.6 cm³/mol. The minimum absolute atomic E-state index is 0.307. The number of nitrogens with zero attached hydrogens (tertiary/aromatic N) is 2. The largest absolute Gasteiger partial charge is 0.452 e. The van der Waals surface area contributed by atoms with Crippen molar-refractivity contribution in [2.24, 2.45) is 0 Å². The smallest absolute Gasteiger partial charge is 0.306 e. The normalized spacial score (nSPS) is 23.5. The first-order valence-corrected chi connectivity index (χ1v) is 6.33. The number of esters is 1. The fourth-order valence-corrected chi connectivity index (χ4v) is 2.34. The summed E-state index contributed by atoms with van der Waals surface area (Å²) >= 11 is 1.17. The molecule has 0 bridgehead atoms. The van der Waals surface area contributed by atoms with Gasteiger partial charge in [0.1, 0.15) is 5.82 Å². The van der Waals surface area contributed by atoms with Gasteiger partial charge in [0, 0.05) is 30.3 Å². The maximum absolute atomic E-state index is 11.7. The summed E-state index contributed by atoms with van der Waals surface area (Å²) in [4.78, 5) is 26.8. The number of cyclic esters (lactones) is 1. The molecule has 6 nitrogen and oxygen atoms in total. The molecule has 0 aromatic carbocycles. The van der Waals surface area contributed by atoms with E-state index in [9.17, 15) is 9.59 Å². The van der Waals surface area contributed by atoms with Crippen LogP contribution in [0.4, 0.5) is 5.13 Å². The van der Waals surface area contributed by atoms with Gasteiger partial charge < -0.3 is 4.74 Å².